The third-order valence-electron chi connectivity index (χ3n) is 23.3. The van der Waals surface area contributed by atoms with Gasteiger partial charge in [0, 0.05) is 66.1 Å². The van der Waals surface area contributed by atoms with E-state index in [0.29, 0.717) is 0 Å². The number of aromatic nitrogens is 3. The topological polar surface area (TPSA) is 14.8 Å². The summed E-state index contributed by atoms with van der Waals surface area (Å²) in [5.74, 6) is 0.218. The number of nitrogens with zero attached hydrogens (tertiary/aromatic N) is 3. The monoisotopic (exact) mass is 1300 g/mol. The Bertz CT molecular complexity index is 6750. The second kappa shape index (κ2) is 22.0. The van der Waals surface area contributed by atoms with E-state index in [2.05, 4.69) is 381 Å². The second-order valence-electron chi connectivity index (χ2n) is 29.5. The van der Waals surface area contributed by atoms with Gasteiger partial charge in [-0.3, -0.25) is 0 Å². The lowest BCUT2D eigenvalue weighted by molar-refractivity contribution is 0.661. The van der Waals surface area contributed by atoms with E-state index in [4.69, 9.17) is 0 Å². The smallest absolute Gasteiger partial charge is 0.0547 e. The van der Waals surface area contributed by atoms with Crippen LogP contribution in [0.1, 0.15) is 72.6 Å². The molecule has 0 saturated heterocycles. The molecule has 480 valence electrons. The molecule has 0 amide bonds. The Balaban J connectivity index is 0.000000133. The predicted molar refractivity (Wildman–Crippen MR) is 430 cm³/mol. The van der Waals surface area contributed by atoms with Gasteiger partial charge in [-0.2, -0.15) is 0 Å². The van der Waals surface area contributed by atoms with E-state index in [9.17, 15) is 0 Å². The molecule has 0 N–H and O–H groups in total. The van der Waals surface area contributed by atoms with Crippen LogP contribution in [0, 0.1) is 0 Å². The zero-order valence-corrected chi connectivity index (χ0v) is 57.3. The number of rotatable bonds is 6. The van der Waals surface area contributed by atoms with Crippen LogP contribution < -0.4 is 0 Å². The molecule has 0 radical (unpaired) electrons. The number of hydrogen-bond acceptors (Lipinski definition) is 0. The minimum atomic E-state index is -0.0648. The molecule has 3 aliphatic carbocycles. The highest BCUT2D eigenvalue weighted by atomic mass is 15.0. The quantitative estimate of drug-likeness (QED) is 0.158. The molecule has 3 aliphatic rings. The van der Waals surface area contributed by atoms with E-state index in [1.165, 1.54) is 199 Å². The molecule has 3 aromatic heterocycles. The standard InChI is InChI=1S/C50H35N.C49H34N2/c1-50(2)45-19-11-10-17-38(45)42-30-48-44(29-46(42)50)43-28-34(23-25-47(43)51(48)36-14-4-3-5-15-36)33-22-24-40-41(27-33)37-16-8-9-18-39(37)49(40)35-21-20-31-12-6-7-13-32(31)26-35;1-49(2)43-18-10-8-16-37(43)39-29-42-41-28-34(22-25-47(41)50(48(42)30-44(39)49)35-14-4-3-5-15-35)33-21-24-46-40(27-33)38-17-9-11-19-45(38)51(46)36-23-20-31-12-6-7-13-32(31)26-36/h3-30,49H,1-2H3;3-30H,1-2H3. The lowest BCUT2D eigenvalue weighted by Gasteiger charge is -2.21. The summed E-state index contributed by atoms with van der Waals surface area (Å²) >= 11 is 0. The second-order valence-corrected chi connectivity index (χ2v) is 29.5. The van der Waals surface area contributed by atoms with Crippen molar-refractivity contribution in [1.29, 1.82) is 0 Å². The fourth-order valence-electron chi connectivity index (χ4n) is 18.4. The molecule has 3 heteroatoms. The van der Waals surface area contributed by atoms with Gasteiger partial charge < -0.3 is 13.7 Å². The van der Waals surface area contributed by atoms with Crippen LogP contribution in [0.25, 0.3) is 160 Å². The molecule has 1 atom stereocenters. The summed E-state index contributed by atoms with van der Waals surface area (Å²) in [6.45, 7) is 9.48. The van der Waals surface area contributed by atoms with E-state index in [-0.39, 0.29) is 16.7 Å². The molecular formula is C99H69N3. The van der Waals surface area contributed by atoms with Crippen LogP contribution in [-0.4, -0.2) is 13.7 Å². The van der Waals surface area contributed by atoms with Gasteiger partial charge in [-0.15, -0.1) is 0 Å². The van der Waals surface area contributed by atoms with Crippen LogP contribution in [-0.2, 0) is 10.8 Å². The Kier molecular flexibility index (Phi) is 12.6. The molecule has 0 aliphatic heterocycles. The molecular weight excluding hydrogens is 1230 g/mol. The van der Waals surface area contributed by atoms with Crippen molar-refractivity contribution in [2.24, 2.45) is 0 Å². The SMILES string of the molecule is CC1(C)c2ccccc2-c2cc3c(cc21)c1cc(-c2ccc4c(c2)-c2ccccc2C4c2ccc4ccccc4c2)ccc1n3-c1ccccc1.CC1(C)c2ccccc2-c2cc3c4cc(-c5ccc6c(c5)c5ccccc5n6-c5ccc6ccccc6c5)ccc4n(-c4ccccc4)c3cc21. The minimum absolute atomic E-state index is 0.0617. The van der Waals surface area contributed by atoms with Crippen molar-refractivity contribution in [3.8, 4) is 72.7 Å². The summed E-state index contributed by atoms with van der Waals surface area (Å²) in [5.41, 5.74) is 33.6. The molecule has 3 nitrogen and oxygen atoms in total. The summed E-state index contributed by atoms with van der Waals surface area (Å²) < 4.78 is 7.32. The summed E-state index contributed by atoms with van der Waals surface area (Å²) in [6, 6.07) is 126. The van der Waals surface area contributed by atoms with Gasteiger partial charge in [-0.25, -0.2) is 0 Å². The first-order valence-electron chi connectivity index (χ1n) is 35.9. The number of para-hydroxylation sites is 3. The first-order chi connectivity index (χ1) is 50.1. The predicted octanol–water partition coefficient (Wildman–Crippen LogP) is 26.1. The van der Waals surface area contributed by atoms with Crippen molar-refractivity contribution in [2.75, 3.05) is 0 Å². The highest BCUT2D eigenvalue weighted by Gasteiger charge is 2.38. The van der Waals surface area contributed by atoms with Crippen LogP contribution in [0.15, 0.2) is 340 Å². The molecule has 0 saturated carbocycles. The summed E-state index contributed by atoms with van der Waals surface area (Å²) in [5, 5.41) is 12.8. The van der Waals surface area contributed by atoms with E-state index in [1.807, 2.05) is 0 Å². The fourth-order valence-corrected chi connectivity index (χ4v) is 18.4. The number of hydrogen-bond donors (Lipinski definition) is 0. The zero-order valence-electron chi connectivity index (χ0n) is 57.3. The Morgan fingerprint density at radius 1 is 0.216 bits per heavy atom. The van der Waals surface area contributed by atoms with Crippen LogP contribution in [0.5, 0.6) is 0 Å². The van der Waals surface area contributed by atoms with Gasteiger partial charge in [0.25, 0.3) is 0 Å². The number of fused-ring (bicyclic) bond motifs is 20. The Labute approximate surface area is 592 Å². The first kappa shape index (κ1) is 58.4. The van der Waals surface area contributed by atoms with Gasteiger partial charge in [0.05, 0.1) is 33.1 Å². The van der Waals surface area contributed by atoms with Gasteiger partial charge in [-0.05, 0) is 225 Å². The molecule has 3 heterocycles. The van der Waals surface area contributed by atoms with Gasteiger partial charge in [0.2, 0.25) is 0 Å². The van der Waals surface area contributed by atoms with Crippen molar-refractivity contribution in [1.82, 2.24) is 13.7 Å². The third kappa shape index (κ3) is 8.61. The Hall–Kier alpha value is -12.6. The Morgan fingerprint density at radius 3 is 1.26 bits per heavy atom. The summed E-state index contributed by atoms with van der Waals surface area (Å²) in [4.78, 5) is 0. The molecule has 19 aromatic rings. The normalized spacial score (nSPS) is 14.3. The van der Waals surface area contributed by atoms with Crippen molar-refractivity contribution < 1.29 is 0 Å². The lowest BCUT2D eigenvalue weighted by atomic mass is 9.82. The van der Waals surface area contributed by atoms with Crippen LogP contribution in [0.3, 0.4) is 0 Å². The van der Waals surface area contributed by atoms with E-state index < -0.39 is 0 Å². The first-order valence-corrected chi connectivity index (χ1v) is 35.9. The zero-order chi connectivity index (χ0) is 67.7. The van der Waals surface area contributed by atoms with Crippen molar-refractivity contribution in [3.63, 3.8) is 0 Å². The van der Waals surface area contributed by atoms with Crippen molar-refractivity contribution >= 4 is 87.0 Å². The maximum Gasteiger partial charge on any atom is 0.0547 e. The molecule has 102 heavy (non-hydrogen) atoms. The lowest BCUT2D eigenvalue weighted by Crippen LogP contribution is -2.14. The maximum atomic E-state index is 2.49. The van der Waals surface area contributed by atoms with E-state index in [1.54, 1.807) is 0 Å². The van der Waals surface area contributed by atoms with E-state index >= 15 is 0 Å². The fraction of sp³-hybridized carbons (Fsp3) is 0.0707. The van der Waals surface area contributed by atoms with Crippen LogP contribution >= 0.6 is 0 Å². The van der Waals surface area contributed by atoms with Gasteiger partial charge >= 0.3 is 0 Å². The summed E-state index contributed by atoms with van der Waals surface area (Å²) in [6.07, 6.45) is 0. The highest BCUT2D eigenvalue weighted by molar-refractivity contribution is 6.16. The molecule has 0 bridgehead atoms. The molecule has 0 spiro atoms. The van der Waals surface area contributed by atoms with E-state index in [0.717, 1.165) is 0 Å². The molecule has 0 fully saturated rings. The van der Waals surface area contributed by atoms with Crippen LogP contribution in [0.2, 0.25) is 0 Å². The Morgan fingerprint density at radius 2 is 0.637 bits per heavy atom. The molecule has 1 unspecified atom stereocenters. The van der Waals surface area contributed by atoms with Crippen molar-refractivity contribution in [3.05, 3.63) is 379 Å². The average Bonchev–Trinajstić information content (AvgIpc) is 1.55. The molecule has 22 rings (SSSR count). The summed E-state index contributed by atoms with van der Waals surface area (Å²) in [7, 11) is 0. The van der Waals surface area contributed by atoms with Gasteiger partial charge in [0.1, 0.15) is 0 Å². The minimum Gasteiger partial charge on any atom is -0.309 e. The molecule has 16 aromatic carbocycles. The number of benzene rings is 16. The third-order valence-corrected chi connectivity index (χ3v) is 23.3. The van der Waals surface area contributed by atoms with Crippen molar-refractivity contribution in [2.45, 2.75) is 44.4 Å². The van der Waals surface area contributed by atoms with Crippen LogP contribution in [0.4, 0.5) is 0 Å². The average molecular weight is 1300 g/mol. The van der Waals surface area contributed by atoms with Gasteiger partial charge in [-0.1, -0.05) is 258 Å². The highest BCUT2D eigenvalue weighted by Crippen LogP contribution is 2.55. The maximum absolute atomic E-state index is 2.49. The largest absolute Gasteiger partial charge is 0.309 e. The van der Waals surface area contributed by atoms with Gasteiger partial charge in [0.15, 0.2) is 0 Å².